The van der Waals surface area contributed by atoms with Crippen LogP contribution >= 0.6 is 12.4 Å². The molecule has 1 rings (SSSR count). The van der Waals surface area contributed by atoms with Crippen molar-refractivity contribution in [3.05, 3.63) is 30.3 Å². The minimum atomic E-state index is -0.276. The molecule has 0 aliphatic rings. The summed E-state index contributed by atoms with van der Waals surface area (Å²) in [5.41, 5.74) is 2.35. The van der Waals surface area contributed by atoms with Crippen LogP contribution in [0.5, 0.6) is 0 Å². The first kappa shape index (κ1) is 9.13. The van der Waals surface area contributed by atoms with E-state index in [4.69, 9.17) is 0 Å². The SMILES string of the molecule is Cl.[CH3][Zn][c]1ccccc1. The maximum absolute atomic E-state index is 2.35. The number of halogens is 1. The van der Waals surface area contributed by atoms with Gasteiger partial charge in [-0.1, -0.05) is 0 Å². The normalized spacial score (nSPS) is 7.22. The third kappa shape index (κ3) is 2.98. The topological polar surface area (TPSA) is 0 Å². The molecule has 0 fully saturated rings. The van der Waals surface area contributed by atoms with Crippen LogP contribution in [0.15, 0.2) is 30.3 Å². The molecule has 0 saturated carbocycles. The van der Waals surface area contributed by atoms with Gasteiger partial charge in [-0.05, 0) is 0 Å². The van der Waals surface area contributed by atoms with Gasteiger partial charge < -0.3 is 0 Å². The summed E-state index contributed by atoms with van der Waals surface area (Å²) in [4.78, 5) is 0. The molecule has 0 saturated heterocycles. The Bertz CT molecular complexity index is 150. The van der Waals surface area contributed by atoms with Crippen molar-refractivity contribution in [2.75, 3.05) is 0 Å². The molecule has 0 unspecified atom stereocenters. The second kappa shape index (κ2) is 4.96. The third-order valence-corrected chi connectivity index (χ3v) is 3.95. The van der Waals surface area contributed by atoms with Gasteiger partial charge in [0.2, 0.25) is 0 Å². The van der Waals surface area contributed by atoms with Crippen molar-refractivity contribution < 1.29 is 17.1 Å². The second-order valence-electron chi connectivity index (χ2n) is 1.84. The van der Waals surface area contributed by atoms with E-state index in [2.05, 4.69) is 35.8 Å². The minimum absolute atomic E-state index is 0. The monoisotopic (exact) mass is 192 g/mol. The fraction of sp³-hybridized carbons (Fsp3) is 0.143. The first-order valence-corrected chi connectivity index (χ1v) is 7.42. The predicted molar refractivity (Wildman–Crippen MR) is 39.2 cm³/mol. The summed E-state index contributed by atoms with van der Waals surface area (Å²) >= 11 is -0.276. The van der Waals surface area contributed by atoms with Gasteiger partial charge in [0.05, 0.1) is 0 Å². The number of benzene rings is 1. The Morgan fingerprint density at radius 3 is 2.00 bits per heavy atom. The molecule has 0 aliphatic heterocycles. The van der Waals surface area contributed by atoms with E-state index in [0.29, 0.717) is 0 Å². The van der Waals surface area contributed by atoms with E-state index in [1.165, 1.54) is 0 Å². The van der Waals surface area contributed by atoms with Crippen molar-refractivity contribution in [2.45, 2.75) is 5.52 Å². The molecule has 0 N–H and O–H groups in total. The van der Waals surface area contributed by atoms with E-state index in [1.54, 1.807) is 4.16 Å². The molecule has 0 spiro atoms. The Balaban J connectivity index is 0.000000640. The summed E-state index contributed by atoms with van der Waals surface area (Å²) in [5.74, 6) is 0. The molecular formula is C7H9ClZn. The summed E-state index contributed by atoms with van der Waals surface area (Å²) in [7, 11) is 0. The molecule has 0 aliphatic carbocycles. The van der Waals surface area contributed by atoms with Crippen LogP contribution in [0, 0.1) is 0 Å². The molecule has 0 atom stereocenters. The van der Waals surface area contributed by atoms with Crippen LogP contribution in [0.1, 0.15) is 0 Å². The van der Waals surface area contributed by atoms with Crippen molar-refractivity contribution in [3.63, 3.8) is 0 Å². The zero-order chi connectivity index (χ0) is 5.82. The number of hydrogen-bond acceptors (Lipinski definition) is 0. The Labute approximate surface area is 69.7 Å². The zero-order valence-electron chi connectivity index (χ0n) is 5.50. The molecule has 0 radical (unpaired) electrons. The fourth-order valence-corrected chi connectivity index (χ4v) is 2.27. The summed E-state index contributed by atoms with van der Waals surface area (Å²) in [6, 6.07) is 10.7. The van der Waals surface area contributed by atoms with Gasteiger partial charge in [-0.15, -0.1) is 12.4 Å². The van der Waals surface area contributed by atoms with Crippen LogP contribution in [0.3, 0.4) is 0 Å². The maximum atomic E-state index is 2.35. The number of hydrogen-bond donors (Lipinski definition) is 0. The Kier molecular flexibility index (Phi) is 5.03. The van der Waals surface area contributed by atoms with Gasteiger partial charge >= 0.3 is 57.1 Å². The Morgan fingerprint density at radius 2 is 1.67 bits per heavy atom. The fourth-order valence-electron chi connectivity index (χ4n) is 0.714. The van der Waals surface area contributed by atoms with Crippen LogP contribution < -0.4 is 4.16 Å². The first-order valence-electron chi connectivity index (χ1n) is 2.97. The molecule has 1 aromatic rings. The molecule has 46 valence electrons. The van der Waals surface area contributed by atoms with Gasteiger partial charge in [0.15, 0.2) is 0 Å². The van der Waals surface area contributed by atoms with Crippen LogP contribution in [0.2, 0.25) is 5.52 Å². The molecule has 2 heteroatoms. The van der Waals surface area contributed by atoms with Crippen LogP contribution in [-0.2, 0) is 17.1 Å². The second-order valence-corrected chi connectivity index (χ2v) is 5.04. The summed E-state index contributed by atoms with van der Waals surface area (Å²) in [6.45, 7) is 0. The quantitative estimate of drug-likeness (QED) is 0.598. The Hall–Kier alpha value is 0.133. The van der Waals surface area contributed by atoms with Crippen molar-refractivity contribution in [2.24, 2.45) is 0 Å². The van der Waals surface area contributed by atoms with Crippen molar-refractivity contribution in [1.29, 1.82) is 0 Å². The van der Waals surface area contributed by atoms with Gasteiger partial charge in [0.25, 0.3) is 0 Å². The van der Waals surface area contributed by atoms with E-state index < -0.39 is 0 Å². The summed E-state index contributed by atoms with van der Waals surface area (Å²) in [6.07, 6.45) is 0. The van der Waals surface area contributed by atoms with E-state index in [0.717, 1.165) is 0 Å². The van der Waals surface area contributed by atoms with E-state index in [-0.39, 0.29) is 29.5 Å². The number of rotatable bonds is 1. The van der Waals surface area contributed by atoms with Crippen molar-refractivity contribution >= 4 is 16.6 Å². The first-order chi connectivity index (χ1) is 3.93. The predicted octanol–water partition coefficient (Wildman–Crippen LogP) is 1.86. The zero-order valence-corrected chi connectivity index (χ0v) is 9.29. The molecule has 0 aromatic heterocycles. The summed E-state index contributed by atoms with van der Waals surface area (Å²) < 4.78 is 1.60. The third-order valence-electron chi connectivity index (χ3n) is 1.25. The van der Waals surface area contributed by atoms with Crippen LogP contribution in [0.4, 0.5) is 0 Å². The van der Waals surface area contributed by atoms with Crippen molar-refractivity contribution in [1.82, 2.24) is 0 Å². The van der Waals surface area contributed by atoms with Gasteiger partial charge in [0, 0.05) is 0 Å². The molecular weight excluding hydrogens is 185 g/mol. The standard InChI is InChI=1S/C6H5.CH3.ClH.Zn/c1-2-4-6-5-3-1;;;/h1-5H;1H3;1H;. The molecule has 0 heterocycles. The average molecular weight is 194 g/mol. The van der Waals surface area contributed by atoms with Gasteiger partial charge in [0.1, 0.15) is 0 Å². The molecule has 9 heavy (non-hydrogen) atoms. The molecule has 0 bridgehead atoms. The molecule has 1 aromatic carbocycles. The van der Waals surface area contributed by atoms with Gasteiger partial charge in [-0.2, -0.15) is 0 Å². The van der Waals surface area contributed by atoms with Crippen molar-refractivity contribution in [3.8, 4) is 0 Å². The van der Waals surface area contributed by atoms with Gasteiger partial charge in [-0.25, -0.2) is 0 Å². The molecule has 0 nitrogen and oxygen atoms in total. The Morgan fingerprint density at radius 1 is 1.11 bits per heavy atom. The molecule has 0 amide bonds. The van der Waals surface area contributed by atoms with Crippen LogP contribution in [-0.4, -0.2) is 0 Å². The van der Waals surface area contributed by atoms with E-state index in [9.17, 15) is 0 Å². The average Bonchev–Trinajstić information content (AvgIpc) is 1.90. The van der Waals surface area contributed by atoms with Gasteiger partial charge in [-0.3, -0.25) is 0 Å². The van der Waals surface area contributed by atoms with E-state index in [1.807, 2.05) is 0 Å². The summed E-state index contributed by atoms with van der Waals surface area (Å²) in [5, 5.41) is 0. The van der Waals surface area contributed by atoms with E-state index >= 15 is 0 Å². The van der Waals surface area contributed by atoms with Crippen LogP contribution in [0.25, 0.3) is 0 Å².